The number of aromatic hydroxyl groups is 1. The highest BCUT2D eigenvalue weighted by molar-refractivity contribution is 6.02. The summed E-state index contributed by atoms with van der Waals surface area (Å²) in [6.07, 6.45) is 0.255. The van der Waals surface area contributed by atoms with Crippen LogP contribution >= 0.6 is 0 Å². The van der Waals surface area contributed by atoms with Crippen molar-refractivity contribution in [1.82, 2.24) is 0 Å². The molecule has 1 aromatic carbocycles. The van der Waals surface area contributed by atoms with Crippen molar-refractivity contribution >= 4 is 11.6 Å². The maximum Gasteiger partial charge on any atom is 0.170 e. The number of rotatable bonds is 2. The lowest BCUT2D eigenvalue weighted by atomic mass is 9.93. The number of Topliss-reactive ketones (excluding diaryl/α,β-unsaturated/α-hetero) is 2. The van der Waals surface area contributed by atoms with E-state index in [0.717, 1.165) is 0 Å². The predicted molar refractivity (Wildman–Crippen MR) is 61.5 cm³/mol. The van der Waals surface area contributed by atoms with Gasteiger partial charge in [-0.3, -0.25) is 9.59 Å². The molecular weight excluding hydrogens is 220 g/mol. The van der Waals surface area contributed by atoms with Crippen LogP contribution in [-0.4, -0.2) is 22.8 Å². The van der Waals surface area contributed by atoms with Crippen molar-refractivity contribution < 1.29 is 19.4 Å². The Hall–Kier alpha value is -1.84. The fraction of sp³-hybridized carbons (Fsp3) is 0.385. The normalized spacial score (nSPS) is 18.5. The zero-order valence-electron chi connectivity index (χ0n) is 9.82. The monoisotopic (exact) mass is 234 g/mol. The third-order valence-corrected chi connectivity index (χ3v) is 2.69. The molecule has 0 spiro atoms. The summed E-state index contributed by atoms with van der Waals surface area (Å²) in [6, 6.07) is 2.88. The van der Waals surface area contributed by atoms with Crippen LogP contribution in [0.4, 0.5) is 0 Å². The third-order valence-electron chi connectivity index (χ3n) is 2.69. The Bertz CT molecular complexity index is 490. The highest BCUT2D eigenvalue weighted by Crippen LogP contribution is 2.34. The fourth-order valence-electron chi connectivity index (χ4n) is 2.10. The number of benzene rings is 1. The van der Waals surface area contributed by atoms with E-state index in [9.17, 15) is 14.7 Å². The minimum absolute atomic E-state index is 0.0156. The lowest BCUT2D eigenvalue weighted by molar-refractivity contribution is -0.116. The second-order valence-electron chi connectivity index (χ2n) is 4.41. The van der Waals surface area contributed by atoms with E-state index in [1.54, 1.807) is 6.92 Å². The minimum atomic E-state index is -0.193. The minimum Gasteiger partial charge on any atom is -0.508 e. The number of carbonyl (C=O) groups excluding carboxylic acids is 2. The van der Waals surface area contributed by atoms with Gasteiger partial charge in [0.1, 0.15) is 23.4 Å². The molecule has 0 aromatic heterocycles. The summed E-state index contributed by atoms with van der Waals surface area (Å²) in [7, 11) is 0. The van der Waals surface area contributed by atoms with E-state index in [2.05, 4.69) is 0 Å². The molecule has 1 unspecified atom stereocenters. The summed E-state index contributed by atoms with van der Waals surface area (Å²) in [5.74, 6) is 0.311. The first kappa shape index (κ1) is 11.6. The van der Waals surface area contributed by atoms with Crippen molar-refractivity contribution in [3.8, 4) is 11.5 Å². The summed E-state index contributed by atoms with van der Waals surface area (Å²) >= 11 is 0. The molecule has 0 aliphatic carbocycles. The van der Waals surface area contributed by atoms with Crippen LogP contribution in [0, 0.1) is 0 Å². The van der Waals surface area contributed by atoms with E-state index in [4.69, 9.17) is 4.74 Å². The van der Waals surface area contributed by atoms with Gasteiger partial charge in [0.25, 0.3) is 0 Å². The van der Waals surface area contributed by atoms with Crippen molar-refractivity contribution in [1.29, 1.82) is 0 Å². The molecule has 0 saturated heterocycles. The summed E-state index contributed by atoms with van der Waals surface area (Å²) in [4.78, 5) is 23.1. The number of hydrogen-bond acceptors (Lipinski definition) is 4. The Morgan fingerprint density at radius 3 is 2.88 bits per heavy atom. The third kappa shape index (κ3) is 2.30. The number of ether oxygens (including phenoxy) is 1. The van der Waals surface area contributed by atoms with Gasteiger partial charge in [0.15, 0.2) is 5.78 Å². The molecule has 0 radical (unpaired) electrons. The van der Waals surface area contributed by atoms with E-state index < -0.39 is 0 Å². The quantitative estimate of drug-likeness (QED) is 0.848. The lowest BCUT2D eigenvalue weighted by Crippen LogP contribution is -2.25. The SMILES string of the molecule is CC(=O)Cc1cc(O)cc2c1C(=O)CC(C)O2. The van der Waals surface area contributed by atoms with Crippen LogP contribution in [0.2, 0.25) is 0 Å². The average Bonchev–Trinajstić information content (AvgIpc) is 2.13. The molecular formula is C13H14O4. The van der Waals surface area contributed by atoms with Crippen LogP contribution < -0.4 is 4.74 Å². The van der Waals surface area contributed by atoms with Gasteiger partial charge in [0, 0.05) is 18.9 Å². The van der Waals surface area contributed by atoms with Gasteiger partial charge in [0.05, 0.1) is 5.56 Å². The molecule has 1 N–H and O–H groups in total. The van der Waals surface area contributed by atoms with E-state index in [0.29, 0.717) is 23.3 Å². The molecule has 4 nitrogen and oxygen atoms in total. The van der Waals surface area contributed by atoms with Gasteiger partial charge in [-0.15, -0.1) is 0 Å². The molecule has 0 bridgehead atoms. The predicted octanol–water partition coefficient (Wildman–Crippen LogP) is 1.88. The van der Waals surface area contributed by atoms with Gasteiger partial charge in [0.2, 0.25) is 0 Å². The molecule has 1 heterocycles. The maximum atomic E-state index is 11.9. The average molecular weight is 234 g/mol. The largest absolute Gasteiger partial charge is 0.508 e. The number of phenols is 1. The van der Waals surface area contributed by atoms with Gasteiger partial charge in [-0.25, -0.2) is 0 Å². The number of carbonyl (C=O) groups is 2. The van der Waals surface area contributed by atoms with Crippen LogP contribution in [-0.2, 0) is 11.2 Å². The van der Waals surface area contributed by atoms with Crippen LogP contribution in [0.15, 0.2) is 12.1 Å². The summed E-state index contributed by atoms with van der Waals surface area (Å²) in [5.41, 5.74) is 0.987. The van der Waals surface area contributed by atoms with E-state index in [1.807, 2.05) is 0 Å². The number of phenolic OH excluding ortho intramolecular Hbond substituents is 1. The molecule has 90 valence electrons. The topological polar surface area (TPSA) is 63.6 Å². The van der Waals surface area contributed by atoms with E-state index >= 15 is 0 Å². The van der Waals surface area contributed by atoms with Crippen LogP contribution in [0.5, 0.6) is 11.5 Å². The van der Waals surface area contributed by atoms with Crippen LogP contribution in [0.25, 0.3) is 0 Å². The number of fused-ring (bicyclic) bond motifs is 1. The first-order valence-electron chi connectivity index (χ1n) is 5.52. The highest BCUT2D eigenvalue weighted by atomic mass is 16.5. The zero-order valence-corrected chi connectivity index (χ0v) is 9.82. The molecule has 1 aliphatic rings. The highest BCUT2D eigenvalue weighted by Gasteiger charge is 2.27. The fourth-order valence-corrected chi connectivity index (χ4v) is 2.10. The molecule has 0 saturated carbocycles. The molecule has 0 amide bonds. The number of ketones is 2. The molecule has 0 fully saturated rings. The van der Waals surface area contributed by atoms with Gasteiger partial charge < -0.3 is 9.84 Å². The van der Waals surface area contributed by atoms with Crippen molar-refractivity contribution in [2.24, 2.45) is 0 Å². The first-order chi connectivity index (χ1) is 7.97. The smallest absolute Gasteiger partial charge is 0.170 e. The molecule has 17 heavy (non-hydrogen) atoms. The Labute approximate surface area is 99.2 Å². The number of hydrogen-bond donors (Lipinski definition) is 1. The molecule has 1 aliphatic heterocycles. The first-order valence-corrected chi connectivity index (χ1v) is 5.52. The van der Waals surface area contributed by atoms with Crippen molar-refractivity contribution in [3.05, 3.63) is 23.3 Å². The standard InChI is InChI=1S/C13H14O4/c1-7(14)3-9-5-10(15)6-12-13(9)11(16)4-8(2)17-12/h5-6,8,15H,3-4H2,1-2H3. The van der Waals surface area contributed by atoms with E-state index in [1.165, 1.54) is 19.1 Å². The summed E-state index contributed by atoms with van der Waals surface area (Å²) in [6.45, 7) is 3.25. The Balaban J connectivity index is 2.53. The van der Waals surface area contributed by atoms with Gasteiger partial charge in [-0.1, -0.05) is 0 Å². The lowest BCUT2D eigenvalue weighted by Gasteiger charge is -2.24. The van der Waals surface area contributed by atoms with Crippen molar-refractivity contribution in [2.45, 2.75) is 32.8 Å². The zero-order chi connectivity index (χ0) is 12.6. The van der Waals surface area contributed by atoms with Gasteiger partial charge in [-0.05, 0) is 25.5 Å². The summed E-state index contributed by atoms with van der Waals surface area (Å²) < 4.78 is 5.51. The maximum absolute atomic E-state index is 11.9. The van der Waals surface area contributed by atoms with Gasteiger partial charge in [-0.2, -0.15) is 0 Å². The molecule has 1 atom stereocenters. The van der Waals surface area contributed by atoms with Crippen molar-refractivity contribution in [2.75, 3.05) is 0 Å². The Morgan fingerprint density at radius 2 is 2.24 bits per heavy atom. The second kappa shape index (κ2) is 4.20. The molecule has 4 heteroatoms. The second-order valence-corrected chi connectivity index (χ2v) is 4.41. The van der Waals surface area contributed by atoms with Crippen LogP contribution in [0.3, 0.4) is 0 Å². The summed E-state index contributed by atoms with van der Waals surface area (Å²) in [5, 5.41) is 9.55. The van der Waals surface area contributed by atoms with Gasteiger partial charge >= 0.3 is 0 Å². The molecule has 2 rings (SSSR count). The van der Waals surface area contributed by atoms with Crippen LogP contribution in [0.1, 0.15) is 36.2 Å². The Morgan fingerprint density at radius 1 is 1.53 bits per heavy atom. The Kier molecular flexibility index (Phi) is 2.88. The van der Waals surface area contributed by atoms with E-state index in [-0.39, 0.29) is 29.8 Å². The van der Waals surface area contributed by atoms with Crippen molar-refractivity contribution in [3.63, 3.8) is 0 Å². The molecule has 1 aromatic rings.